The lowest BCUT2D eigenvalue weighted by Crippen LogP contribution is -2.38. The van der Waals surface area contributed by atoms with E-state index in [9.17, 15) is 17.6 Å². The van der Waals surface area contributed by atoms with Gasteiger partial charge in [0.15, 0.2) is 11.5 Å². The van der Waals surface area contributed by atoms with Crippen LogP contribution in [0.3, 0.4) is 0 Å². The number of hydrogen-bond donors (Lipinski definition) is 1. The van der Waals surface area contributed by atoms with E-state index < -0.39 is 15.8 Å². The number of nitrogen functional groups attached to an aromatic ring is 1. The molecule has 2 N–H and O–H groups in total. The molecule has 0 unspecified atom stereocenters. The molecule has 10 heteroatoms. The summed E-state index contributed by atoms with van der Waals surface area (Å²) in [6, 6.07) is 4.69. The maximum Gasteiger partial charge on any atom is 0.276 e. The van der Waals surface area contributed by atoms with Crippen LogP contribution in [0, 0.1) is 5.82 Å². The van der Waals surface area contributed by atoms with Crippen molar-refractivity contribution in [2.45, 2.75) is 11.3 Å². The highest BCUT2D eigenvalue weighted by molar-refractivity contribution is 7.89. The number of carbonyl (C=O) groups is 1. The van der Waals surface area contributed by atoms with E-state index in [4.69, 9.17) is 5.73 Å². The van der Waals surface area contributed by atoms with Gasteiger partial charge in [0, 0.05) is 38.6 Å². The summed E-state index contributed by atoms with van der Waals surface area (Å²) in [4.78, 5) is 21.9. The Balaban J connectivity index is 1.75. The summed E-state index contributed by atoms with van der Waals surface area (Å²) in [5.74, 6) is -0.840. The highest BCUT2D eigenvalue weighted by atomic mass is 32.2. The molecule has 0 atom stereocenters. The monoisotopic (exact) mass is 379 g/mol. The van der Waals surface area contributed by atoms with Gasteiger partial charge in [-0.15, -0.1) is 0 Å². The third kappa shape index (κ3) is 3.65. The Hall–Kier alpha value is -2.59. The molecule has 0 bridgehead atoms. The third-order valence-corrected chi connectivity index (χ3v) is 6.04. The first-order valence-electron chi connectivity index (χ1n) is 8.01. The quantitative estimate of drug-likeness (QED) is 0.842. The lowest BCUT2D eigenvalue weighted by atomic mass is 10.3. The Morgan fingerprint density at radius 3 is 2.42 bits per heavy atom. The summed E-state index contributed by atoms with van der Waals surface area (Å²) in [6.07, 6.45) is 3.24. The summed E-state index contributed by atoms with van der Waals surface area (Å²) in [6.45, 7) is 0.977. The fourth-order valence-electron chi connectivity index (χ4n) is 2.76. The van der Waals surface area contributed by atoms with Crippen molar-refractivity contribution < 1.29 is 17.6 Å². The van der Waals surface area contributed by atoms with Crippen molar-refractivity contribution in [1.82, 2.24) is 19.2 Å². The van der Waals surface area contributed by atoms with Gasteiger partial charge in [0.05, 0.1) is 4.90 Å². The molecule has 3 rings (SSSR count). The van der Waals surface area contributed by atoms with Gasteiger partial charge in [0.2, 0.25) is 10.0 Å². The second-order valence-corrected chi connectivity index (χ2v) is 7.73. The highest BCUT2D eigenvalue weighted by Gasteiger charge is 2.29. The largest absolute Gasteiger partial charge is 0.382 e. The molecule has 1 fully saturated rings. The van der Waals surface area contributed by atoms with E-state index in [1.165, 1.54) is 33.7 Å². The Bertz CT molecular complexity index is 904. The minimum Gasteiger partial charge on any atom is -0.382 e. The third-order valence-electron chi connectivity index (χ3n) is 4.12. The van der Waals surface area contributed by atoms with Crippen molar-refractivity contribution in [3.05, 3.63) is 48.2 Å². The van der Waals surface area contributed by atoms with E-state index in [2.05, 4.69) is 9.97 Å². The number of anilines is 1. The fraction of sp³-hybridized carbons (Fsp3) is 0.312. The van der Waals surface area contributed by atoms with Crippen LogP contribution in [-0.4, -0.2) is 59.7 Å². The van der Waals surface area contributed by atoms with Gasteiger partial charge in [-0.3, -0.25) is 4.79 Å². The van der Waals surface area contributed by atoms with Crippen LogP contribution in [0.15, 0.2) is 41.6 Å². The molecule has 8 nitrogen and oxygen atoms in total. The van der Waals surface area contributed by atoms with Crippen LogP contribution in [0.2, 0.25) is 0 Å². The summed E-state index contributed by atoms with van der Waals surface area (Å²) >= 11 is 0. The van der Waals surface area contributed by atoms with Gasteiger partial charge >= 0.3 is 0 Å². The SMILES string of the molecule is Nc1nccnc1C(=O)N1CCCN(S(=O)(=O)c2ccc(F)cc2)CC1. The first kappa shape index (κ1) is 18.2. The molecule has 0 spiro atoms. The maximum atomic E-state index is 13.0. The number of aromatic nitrogens is 2. The highest BCUT2D eigenvalue weighted by Crippen LogP contribution is 2.19. The molecule has 0 saturated carbocycles. The van der Waals surface area contributed by atoms with Gasteiger partial charge in [-0.25, -0.2) is 22.8 Å². The van der Waals surface area contributed by atoms with Crippen molar-refractivity contribution in [3.8, 4) is 0 Å². The van der Waals surface area contributed by atoms with Crippen LogP contribution < -0.4 is 5.73 Å². The van der Waals surface area contributed by atoms with Gasteiger partial charge in [-0.05, 0) is 30.7 Å². The van der Waals surface area contributed by atoms with Gasteiger partial charge < -0.3 is 10.6 Å². The van der Waals surface area contributed by atoms with Crippen molar-refractivity contribution >= 4 is 21.7 Å². The fourth-order valence-corrected chi connectivity index (χ4v) is 4.23. The number of hydrogen-bond acceptors (Lipinski definition) is 6. The average molecular weight is 379 g/mol. The van der Waals surface area contributed by atoms with Crippen LogP contribution in [0.25, 0.3) is 0 Å². The normalized spacial score (nSPS) is 16.3. The molecule has 1 aromatic carbocycles. The minimum atomic E-state index is -3.75. The van der Waals surface area contributed by atoms with Crippen LogP contribution in [0.4, 0.5) is 10.2 Å². The first-order valence-corrected chi connectivity index (χ1v) is 9.45. The number of nitrogens with zero attached hydrogens (tertiary/aromatic N) is 4. The molecule has 1 aliphatic heterocycles. The Morgan fingerprint density at radius 1 is 1.04 bits per heavy atom. The minimum absolute atomic E-state index is 0.0249. The number of halogens is 1. The lowest BCUT2D eigenvalue weighted by Gasteiger charge is -2.22. The van der Waals surface area contributed by atoms with E-state index in [1.807, 2.05) is 0 Å². The van der Waals surface area contributed by atoms with E-state index in [1.54, 1.807) is 0 Å². The van der Waals surface area contributed by atoms with E-state index in [-0.39, 0.29) is 41.9 Å². The van der Waals surface area contributed by atoms with Crippen molar-refractivity contribution in [2.24, 2.45) is 0 Å². The zero-order chi connectivity index (χ0) is 18.7. The second-order valence-electron chi connectivity index (χ2n) is 5.79. The van der Waals surface area contributed by atoms with Gasteiger partial charge in [-0.1, -0.05) is 0 Å². The predicted octanol–water partition coefficient (Wildman–Crippen LogP) is 0.735. The molecule has 2 aromatic rings. The van der Waals surface area contributed by atoms with Gasteiger partial charge in [-0.2, -0.15) is 4.31 Å². The number of rotatable bonds is 3. The molecule has 138 valence electrons. The molecule has 0 aliphatic carbocycles. The predicted molar refractivity (Wildman–Crippen MR) is 92.1 cm³/mol. The summed E-state index contributed by atoms with van der Waals surface area (Å²) < 4.78 is 39.8. The summed E-state index contributed by atoms with van der Waals surface area (Å²) in [7, 11) is -3.75. The standard InChI is InChI=1S/C16H18FN5O3S/c17-12-2-4-13(5-3-12)26(24,25)22-9-1-8-21(10-11-22)16(23)14-15(18)20-7-6-19-14/h2-7H,1,8-11H2,(H2,18,20). The molecule has 2 heterocycles. The van der Waals surface area contributed by atoms with E-state index >= 15 is 0 Å². The molecule has 26 heavy (non-hydrogen) atoms. The van der Waals surface area contributed by atoms with Crippen molar-refractivity contribution in [3.63, 3.8) is 0 Å². The number of carbonyl (C=O) groups excluding carboxylic acids is 1. The molecule has 1 aromatic heterocycles. The van der Waals surface area contributed by atoms with Crippen LogP contribution in [0.5, 0.6) is 0 Å². The van der Waals surface area contributed by atoms with Gasteiger partial charge in [0.25, 0.3) is 5.91 Å². The zero-order valence-corrected chi connectivity index (χ0v) is 14.7. The smallest absolute Gasteiger partial charge is 0.276 e. The first-order chi connectivity index (χ1) is 12.4. The Kier molecular flexibility index (Phi) is 5.14. The molecule has 1 aliphatic rings. The molecule has 1 amide bonds. The van der Waals surface area contributed by atoms with E-state index in [0.717, 1.165) is 12.1 Å². The Labute approximate surface area is 150 Å². The average Bonchev–Trinajstić information content (AvgIpc) is 2.89. The maximum absolute atomic E-state index is 13.0. The topological polar surface area (TPSA) is 109 Å². The summed E-state index contributed by atoms with van der Waals surface area (Å²) in [5, 5.41) is 0. The second kappa shape index (κ2) is 7.34. The molecule has 0 radical (unpaired) electrons. The molecule has 1 saturated heterocycles. The van der Waals surface area contributed by atoms with Crippen LogP contribution in [0.1, 0.15) is 16.9 Å². The molecular formula is C16H18FN5O3S. The van der Waals surface area contributed by atoms with E-state index in [0.29, 0.717) is 13.0 Å². The number of amides is 1. The molecular weight excluding hydrogens is 361 g/mol. The van der Waals surface area contributed by atoms with Gasteiger partial charge in [0.1, 0.15) is 5.82 Å². The zero-order valence-electron chi connectivity index (χ0n) is 13.9. The number of nitrogens with two attached hydrogens (primary N) is 1. The number of benzene rings is 1. The van der Waals surface area contributed by atoms with Crippen LogP contribution >= 0.6 is 0 Å². The van der Waals surface area contributed by atoms with Crippen LogP contribution in [-0.2, 0) is 10.0 Å². The van der Waals surface area contributed by atoms with Crippen molar-refractivity contribution in [1.29, 1.82) is 0 Å². The lowest BCUT2D eigenvalue weighted by molar-refractivity contribution is 0.0759. The summed E-state index contributed by atoms with van der Waals surface area (Å²) in [5.41, 5.74) is 5.75. The van der Waals surface area contributed by atoms with Crippen molar-refractivity contribution in [2.75, 3.05) is 31.9 Å². The Morgan fingerprint density at radius 2 is 1.73 bits per heavy atom. The number of sulfonamides is 1.